The molecule has 1 aromatic rings. The number of benzene rings is 1. The van der Waals surface area contributed by atoms with Crippen molar-refractivity contribution in [2.45, 2.75) is 83.3 Å². The number of ether oxygens (including phenoxy) is 1. The molecule has 0 heterocycles. The van der Waals surface area contributed by atoms with Gasteiger partial charge in [0.05, 0.1) is 0 Å². The van der Waals surface area contributed by atoms with E-state index in [-0.39, 0.29) is 12.1 Å². The summed E-state index contributed by atoms with van der Waals surface area (Å²) in [6.07, 6.45) is 13.0. The van der Waals surface area contributed by atoms with Crippen molar-refractivity contribution in [3.63, 3.8) is 0 Å². The second kappa shape index (κ2) is 9.09. The van der Waals surface area contributed by atoms with E-state index in [1.807, 2.05) is 0 Å². The first-order valence-electron chi connectivity index (χ1n) is 8.74. The van der Waals surface area contributed by atoms with Gasteiger partial charge in [-0.1, -0.05) is 62.6 Å². The lowest BCUT2D eigenvalue weighted by Gasteiger charge is -2.26. The summed E-state index contributed by atoms with van der Waals surface area (Å²) in [6.45, 7) is 2.10. The van der Waals surface area contributed by atoms with Gasteiger partial charge in [-0.3, -0.25) is 0 Å². The average molecular weight is 289 g/mol. The molecule has 2 unspecified atom stereocenters. The molecule has 0 aliphatic heterocycles. The Morgan fingerprint density at radius 1 is 0.810 bits per heavy atom. The minimum Gasteiger partial charge on any atom is -0.489 e. The fourth-order valence-electron chi connectivity index (χ4n) is 3.12. The summed E-state index contributed by atoms with van der Waals surface area (Å²) in [5.41, 5.74) is 7.68. The van der Waals surface area contributed by atoms with Gasteiger partial charge in [-0.15, -0.1) is 0 Å². The fraction of sp³-hybridized carbons (Fsp3) is 0.684. The summed E-state index contributed by atoms with van der Waals surface area (Å²) in [5, 5.41) is 0. The van der Waals surface area contributed by atoms with Gasteiger partial charge in [0, 0.05) is 6.04 Å². The Labute approximate surface area is 130 Å². The van der Waals surface area contributed by atoms with Crippen molar-refractivity contribution in [3.05, 3.63) is 29.8 Å². The zero-order valence-electron chi connectivity index (χ0n) is 13.5. The molecule has 1 fully saturated rings. The largest absolute Gasteiger partial charge is 0.489 e. The van der Waals surface area contributed by atoms with Crippen LogP contribution in [0.3, 0.4) is 0 Å². The van der Waals surface area contributed by atoms with E-state index in [0.29, 0.717) is 0 Å². The van der Waals surface area contributed by atoms with Crippen LogP contribution in [0.15, 0.2) is 24.3 Å². The number of aryl methyl sites for hydroxylation is 1. The van der Waals surface area contributed by atoms with Crippen molar-refractivity contribution < 1.29 is 4.74 Å². The van der Waals surface area contributed by atoms with E-state index < -0.39 is 0 Å². The Kier molecular flexibility index (Phi) is 7.08. The van der Waals surface area contributed by atoms with Crippen molar-refractivity contribution in [1.82, 2.24) is 0 Å². The first kappa shape index (κ1) is 16.4. The Balaban J connectivity index is 1.92. The zero-order valence-corrected chi connectivity index (χ0v) is 13.5. The summed E-state index contributed by atoms with van der Waals surface area (Å²) >= 11 is 0. The summed E-state index contributed by atoms with van der Waals surface area (Å²) in [5.74, 6) is 0.966. The van der Waals surface area contributed by atoms with Crippen LogP contribution in [0.1, 0.15) is 69.8 Å². The molecule has 2 atom stereocenters. The molecule has 1 aliphatic rings. The third kappa shape index (κ3) is 6.09. The third-order valence-electron chi connectivity index (χ3n) is 4.56. The predicted molar refractivity (Wildman–Crippen MR) is 89.7 cm³/mol. The SMILES string of the molecule is Cc1ccc(OC2CCCCCCCCCCC2N)cc1. The predicted octanol–water partition coefficient (Wildman–Crippen LogP) is 4.98. The van der Waals surface area contributed by atoms with Gasteiger partial charge in [-0.05, 0) is 38.3 Å². The minimum absolute atomic E-state index is 0.172. The summed E-state index contributed by atoms with van der Waals surface area (Å²) in [4.78, 5) is 0. The van der Waals surface area contributed by atoms with E-state index >= 15 is 0 Å². The van der Waals surface area contributed by atoms with E-state index in [2.05, 4.69) is 31.2 Å². The van der Waals surface area contributed by atoms with E-state index in [4.69, 9.17) is 10.5 Å². The van der Waals surface area contributed by atoms with Crippen LogP contribution in [0.2, 0.25) is 0 Å². The lowest BCUT2D eigenvalue weighted by molar-refractivity contribution is 0.150. The van der Waals surface area contributed by atoms with Crippen LogP contribution < -0.4 is 10.5 Å². The van der Waals surface area contributed by atoms with Crippen LogP contribution in [-0.2, 0) is 0 Å². The normalized spacial score (nSPS) is 25.6. The molecule has 21 heavy (non-hydrogen) atoms. The van der Waals surface area contributed by atoms with E-state index in [0.717, 1.165) is 18.6 Å². The molecule has 0 bridgehead atoms. The number of rotatable bonds is 2. The smallest absolute Gasteiger partial charge is 0.119 e. The van der Waals surface area contributed by atoms with Crippen LogP contribution in [0.4, 0.5) is 0 Å². The van der Waals surface area contributed by atoms with Crippen molar-refractivity contribution >= 4 is 0 Å². The molecule has 0 saturated heterocycles. The van der Waals surface area contributed by atoms with E-state index in [1.54, 1.807) is 0 Å². The lowest BCUT2D eigenvalue weighted by atomic mass is 9.96. The van der Waals surface area contributed by atoms with Gasteiger partial charge in [-0.25, -0.2) is 0 Å². The lowest BCUT2D eigenvalue weighted by Crippen LogP contribution is -2.39. The van der Waals surface area contributed by atoms with Gasteiger partial charge in [0.25, 0.3) is 0 Å². The molecule has 2 N–H and O–H groups in total. The maximum atomic E-state index is 6.41. The van der Waals surface area contributed by atoms with Gasteiger partial charge in [0.2, 0.25) is 0 Å². The molecule has 0 amide bonds. The van der Waals surface area contributed by atoms with E-state index in [9.17, 15) is 0 Å². The van der Waals surface area contributed by atoms with Crippen LogP contribution in [-0.4, -0.2) is 12.1 Å². The molecule has 1 aliphatic carbocycles. The first-order chi connectivity index (χ1) is 10.3. The highest BCUT2D eigenvalue weighted by atomic mass is 16.5. The molecule has 0 radical (unpaired) electrons. The second-order valence-electron chi connectivity index (χ2n) is 6.54. The summed E-state index contributed by atoms with van der Waals surface area (Å²) in [7, 11) is 0. The van der Waals surface area contributed by atoms with E-state index in [1.165, 1.54) is 56.9 Å². The number of hydrogen-bond acceptors (Lipinski definition) is 2. The highest BCUT2D eigenvalue weighted by Crippen LogP contribution is 2.21. The zero-order chi connectivity index (χ0) is 14.9. The molecular formula is C19H31NO. The molecule has 118 valence electrons. The molecular weight excluding hydrogens is 258 g/mol. The quantitative estimate of drug-likeness (QED) is 0.833. The van der Waals surface area contributed by atoms with Crippen LogP contribution in [0.25, 0.3) is 0 Å². The molecule has 2 rings (SSSR count). The summed E-state index contributed by atoms with van der Waals surface area (Å²) < 4.78 is 6.20. The maximum Gasteiger partial charge on any atom is 0.119 e. The highest BCUT2D eigenvalue weighted by Gasteiger charge is 2.19. The summed E-state index contributed by atoms with van der Waals surface area (Å²) in [6, 6.07) is 8.52. The first-order valence-corrected chi connectivity index (χ1v) is 8.74. The second-order valence-corrected chi connectivity index (χ2v) is 6.54. The maximum absolute atomic E-state index is 6.41. The Hall–Kier alpha value is -1.02. The topological polar surface area (TPSA) is 35.2 Å². The van der Waals surface area contributed by atoms with Crippen LogP contribution >= 0.6 is 0 Å². The van der Waals surface area contributed by atoms with Crippen molar-refractivity contribution in [1.29, 1.82) is 0 Å². The molecule has 2 heteroatoms. The van der Waals surface area contributed by atoms with Gasteiger partial charge in [0.15, 0.2) is 0 Å². The van der Waals surface area contributed by atoms with Crippen molar-refractivity contribution in [3.8, 4) is 5.75 Å². The van der Waals surface area contributed by atoms with Crippen LogP contribution in [0, 0.1) is 6.92 Å². The minimum atomic E-state index is 0.172. The molecule has 0 spiro atoms. The van der Waals surface area contributed by atoms with Crippen LogP contribution in [0.5, 0.6) is 5.75 Å². The average Bonchev–Trinajstić information content (AvgIpc) is 2.48. The number of nitrogens with two attached hydrogens (primary N) is 1. The molecule has 0 aromatic heterocycles. The molecule has 1 saturated carbocycles. The third-order valence-corrected chi connectivity index (χ3v) is 4.56. The molecule has 1 aromatic carbocycles. The highest BCUT2D eigenvalue weighted by molar-refractivity contribution is 5.26. The standard InChI is InChI=1S/C19H31NO/c1-16-12-14-17(15-13-16)21-19-11-9-7-5-3-2-4-6-8-10-18(19)20/h12-15,18-19H,2-11,20H2,1H3. The van der Waals surface area contributed by atoms with Gasteiger partial charge < -0.3 is 10.5 Å². The molecule has 2 nitrogen and oxygen atoms in total. The van der Waals surface area contributed by atoms with Gasteiger partial charge in [0.1, 0.15) is 11.9 Å². The Morgan fingerprint density at radius 3 is 1.95 bits per heavy atom. The van der Waals surface area contributed by atoms with Gasteiger partial charge in [-0.2, -0.15) is 0 Å². The number of hydrogen-bond donors (Lipinski definition) is 1. The van der Waals surface area contributed by atoms with Gasteiger partial charge >= 0.3 is 0 Å². The Bertz CT molecular complexity index is 387. The van der Waals surface area contributed by atoms with Crippen molar-refractivity contribution in [2.75, 3.05) is 0 Å². The monoisotopic (exact) mass is 289 g/mol. The van der Waals surface area contributed by atoms with Crippen molar-refractivity contribution in [2.24, 2.45) is 5.73 Å². The Morgan fingerprint density at radius 2 is 1.33 bits per heavy atom. The fourth-order valence-corrected chi connectivity index (χ4v) is 3.12.